The van der Waals surface area contributed by atoms with E-state index in [1.165, 1.54) is 11.1 Å². The Kier molecular flexibility index (Phi) is 2.94. The van der Waals surface area contributed by atoms with Gasteiger partial charge >= 0.3 is 0 Å². The van der Waals surface area contributed by atoms with Crippen molar-refractivity contribution in [1.29, 1.82) is 0 Å². The summed E-state index contributed by atoms with van der Waals surface area (Å²) in [7, 11) is 0. The van der Waals surface area contributed by atoms with Crippen LogP contribution in [0.25, 0.3) is 0 Å². The van der Waals surface area contributed by atoms with E-state index in [0.717, 1.165) is 12.8 Å². The van der Waals surface area contributed by atoms with Crippen LogP contribution in [0.5, 0.6) is 0 Å². The molecule has 2 atom stereocenters. The zero-order valence-corrected chi connectivity index (χ0v) is 8.80. The van der Waals surface area contributed by atoms with Gasteiger partial charge in [-0.1, -0.05) is 37.1 Å². The van der Waals surface area contributed by atoms with Gasteiger partial charge in [0.25, 0.3) is 0 Å². The van der Waals surface area contributed by atoms with Crippen molar-refractivity contribution in [3.05, 3.63) is 23.3 Å². The van der Waals surface area contributed by atoms with Gasteiger partial charge in [0, 0.05) is 6.04 Å². The quantitative estimate of drug-likeness (QED) is 0.680. The monoisotopic (exact) mass is 180 g/mol. The molecule has 2 unspecified atom stereocenters. The fourth-order valence-electron chi connectivity index (χ4n) is 1.81. The third-order valence-corrected chi connectivity index (χ3v) is 2.96. The van der Waals surface area contributed by atoms with Crippen LogP contribution in [0.2, 0.25) is 0 Å². The minimum Gasteiger partial charge on any atom is -0.322 e. The minimum absolute atomic E-state index is 0.0206. The van der Waals surface area contributed by atoms with Gasteiger partial charge in [-0.25, -0.2) is 0 Å². The second-order valence-electron chi connectivity index (χ2n) is 3.90. The molecule has 0 aromatic heterocycles. The van der Waals surface area contributed by atoms with Crippen LogP contribution in [0.4, 0.5) is 0 Å². The second kappa shape index (κ2) is 3.64. The second-order valence-corrected chi connectivity index (χ2v) is 3.90. The summed E-state index contributed by atoms with van der Waals surface area (Å²) in [6.45, 7) is 6.29. The molecule has 0 spiro atoms. The number of hydrogen-bond acceptors (Lipinski definition) is 2. The molecule has 1 aliphatic rings. The molecule has 0 saturated carbocycles. The van der Waals surface area contributed by atoms with Crippen LogP contribution < -0.4 is 11.5 Å². The molecule has 0 aromatic carbocycles. The molecule has 2 nitrogen and oxygen atoms in total. The predicted octanol–water partition coefficient (Wildman–Crippen LogP) is 1.72. The van der Waals surface area contributed by atoms with Gasteiger partial charge in [0.15, 0.2) is 0 Å². The van der Waals surface area contributed by atoms with Crippen molar-refractivity contribution in [1.82, 2.24) is 0 Å². The molecule has 4 N–H and O–H groups in total. The highest BCUT2D eigenvalue weighted by Crippen LogP contribution is 2.27. The normalized spacial score (nSPS) is 34.1. The van der Waals surface area contributed by atoms with Gasteiger partial charge in [-0.05, 0) is 19.8 Å². The fourth-order valence-corrected chi connectivity index (χ4v) is 1.81. The molecule has 0 radical (unpaired) electrons. The van der Waals surface area contributed by atoms with Crippen LogP contribution in [0, 0.1) is 0 Å². The van der Waals surface area contributed by atoms with Crippen LogP contribution in [-0.4, -0.2) is 11.6 Å². The lowest BCUT2D eigenvalue weighted by Crippen LogP contribution is -2.55. The Morgan fingerprint density at radius 2 is 2.08 bits per heavy atom. The van der Waals surface area contributed by atoms with Crippen molar-refractivity contribution >= 4 is 0 Å². The van der Waals surface area contributed by atoms with Crippen molar-refractivity contribution in [3.63, 3.8) is 0 Å². The lowest BCUT2D eigenvalue weighted by Gasteiger charge is -2.36. The Balaban J connectivity index is 3.02. The molecule has 0 saturated heterocycles. The third kappa shape index (κ3) is 1.84. The van der Waals surface area contributed by atoms with E-state index >= 15 is 0 Å². The van der Waals surface area contributed by atoms with E-state index in [4.69, 9.17) is 11.5 Å². The Labute approximate surface area is 80.7 Å². The fraction of sp³-hybridized carbons (Fsp3) is 0.636. The Bertz CT molecular complexity index is 253. The lowest BCUT2D eigenvalue weighted by molar-refractivity contribution is 0.436. The first-order valence-electron chi connectivity index (χ1n) is 4.98. The molecule has 0 fully saturated rings. The molecule has 0 amide bonds. The molecular formula is C11H20N2. The number of nitrogens with two attached hydrogens (primary N) is 2. The molecule has 0 heterocycles. The van der Waals surface area contributed by atoms with E-state index < -0.39 is 0 Å². The smallest absolute Gasteiger partial charge is 0.0534 e. The zero-order valence-electron chi connectivity index (χ0n) is 8.80. The molecule has 0 bridgehead atoms. The number of allylic oxidation sites excluding steroid dienone is 2. The van der Waals surface area contributed by atoms with E-state index in [-0.39, 0.29) is 11.6 Å². The van der Waals surface area contributed by atoms with Gasteiger partial charge in [0.05, 0.1) is 5.54 Å². The van der Waals surface area contributed by atoms with Crippen molar-refractivity contribution in [2.24, 2.45) is 11.5 Å². The third-order valence-electron chi connectivity index (χ3n) is 2.96. The molecule has 2 heteroatoms. The highest BCUT2D eigenvalue weighted by atomic mass is 14.9. The first kappa shape index (κ1) is 10.5. The van der Waals surface area contributed by atoms with Gasteiger partial charge in [-0.2, -0.15) is 0 Å². The molecule has 1 rings (SSSR count). The molecule has 13 heavy (non-hydrogen) atoms. The van der Waals surface area contributed by atoms with Crippen molar-refractivity contribution in [2.45, 2.75) is 45.2 Å². The van der Waals surface area contributed by atoms with Gasteiger partial charge < -0.3 is 11.5 Å². The minimum atomic E-state index is -0.329. The topological polar surface area (TPSA) is 52.0 Å². The maximum atomic E-state index is 6.22. The highest BCUT2D eigenvalue weighted by Gasteiger charge is 2.32. The SMILES string of the molecule is CCC1=CC(N)(CC)C(N)C(C)=C1. The summed E-state index contributed by atoms with van der Waals surface area (Å²) in [5.41, 5.74) is 14.4. The Morgan fingerprint density at radius 3 is 2.54 bits per heavy atom. The van der Waals surface area contributed by atoms with Gasteiger partial charge in [-0.15, -0.1) is 0 Å². The summed E-state index contributed by atoms with van der Waals surface area (Å²) in [5.74, 6) is 0. The lowest BCUT2D eigenvalue weighted by atomic mass is 9.78. The average molecular weight is 180 g/mol. The van der Waals surface area contributed by atoms with E-state index in [1.807, 2.05) is 0 Å². The maximum Gasteiger partial charge on any atom is 0.0534 e. The van der Waals surface area contributed by atoms with Gasteiger partial charge in [0.1, 0.15) is 0 Å². The van der Waals surface area contributed by atoms with Crippen LogP contribution >= 0.6 is 0 Å². The van der Waals surface area contributed by atoms with Crippen molar-refractivity contribution < 1.29 is 0 Å². The van der Waals surface area contributed by atoms with Crippen LogP contribution in [0.15, 0.2) is 23.3 Å². The van der Waals surface area contributed by atoms with Crippen molar-refractivity contribution in [3.8, 4) is 0 Å². The summed E-state index contributed by atoms with van der Waals surface area (Å²) < 4.78 is 0. The van der Waals surface area contributed by atoms with E-state index in [1.54, 1.807) is 0 Å². The zero-order chi connectivity index (χ0) is 10.1. The molecule has 0 aromatic rings. The maximum absolute atomic E-state index is 6.22. The summed E-state index contributed by atoms with van der Waals surface area (Å²) in [5, 5.41) is 0. The standard InChI is InChI=1S/C11H20N2/c1-4-9-6-8(3)10(12)11(13,5-2)7-9/h6-7,10H,4-5,12-13H2,1-3H3. The first-order chi connectivity index (χ1) is 6.03. The summed E-state index contributed by atoms with van der Waals surface area (Å²) >= 11 is 0. The number of hydrogen-bond donors (Lipinski definition) is 2. The van der Waals surface area contributed by atoms with Gasteiger partial charge in [0.2, 0.25) is 0 Å². The van der Waals surface area contributed by atoms with E-state index in [0.29, 0.717) is 0 Å². The molecular weight excluding hydrogens is 160 g/mol. The molecule has 74 valence electrons. The number of rotatable bonds is 2. The molecule has 1 aliphatic carbocycles. The van der Waals surface area contributed by atoms with Crippen LogP contribution in [0.1, 0.15) is 33.6 Å². The van der Waals surface area contributed by atoms with Crippen LogP contribution in [0.3, 0.4) is 0 Å². The van der Waals surface area contributed by atoms with Crippen molar-refractivity contribution in [2.75, 3.05) is 0 Å². The summed E-state index contributed by atoms with van der Waals surface area (Å²) in [6, 6.07) is -0.0206. The average Bonchev–Trinajstić information content (AvgIpc) is 2.13. The van der Waals surface area contributed by atoms with Gasteiger partial charge in [-0.3, -0.25) is 0 Å². The summed E-state index contributed by atoms with van der Waals surface area (Å²) in [6.07, 6.45) is 6.21. The van der Waals surface area contributed by atoms with E-state index in [2.05, 4.69) is 32.9 Å². The molecule has 0 aliphatic heterocycles. The summed E-state index contributed by atoms with van der Waals surface area (Å²) in [4.78, 5) is 0. The Hall–Kier alpha value is -0.600. The highest BCUT2D eigenvalue weighted by molar-refractivity contribution is 5.38. The predicted molar refractivity (Wildman–Crippen MR) is 57.3 cm³/mol. The van der Waals surface area contributed by atoms with Crippen LogP contribution in [-0.2, 0) is 0 Å². The van der Waals surface area contributed by atoms with E-state index in [9.17, 15) is 0 Å². The Morgan fingerprint density at radius 1 is 1.46 bits per heavy atom. The largest absolute Gasteiger partial charge is 0.322 e. The first-order valence-corrected chi connectivity index (χ1v) is 4.98.